The highest BCUT2D eigenvalue weighted by Crippen LogP contribution is 2.38. The van der Waals surface area contributed by atoms with Gasteiger partial charge in [-0.15, -0.1) is 6.58 Å². The Labute approximate surface area is 144 Å². The number of rotatable bonds is 4. The molecule has 0 aliphatic carbocycles. The van der Waals surface area contributed by atoms with E-state index in [4.69, 9.17) is 0 Å². The van der Waals surface area contributed by atoms with E-state index in [9.17, 15) is 17.6 Å². The van der Waals surface area contributed by atoms with Gasteiger partial charge in [0, 0.05) is 11.8 Å². The molecule has 2 heterocycles. The second kappa shape index (κ2) is 6.68. The summed E-state index contributed by atoms with van der Waals surface area (Å²) < 4.78 is 36.5. The summed E-state index contributed by atoms with van der Waals surface area (Å²) in [6.07, 6.45) is 1.76. The highest BCUT2D eigenvalue weighted by atomic mass is 32.2. The van der Waals surface area contributed by atoms with Crippen LogP contribution in [0.25, 0.3) is 0 Å². The van der Waals surface area contributed by atoms with Crippen molar-refractivity contribution in [1.82, 2.24) is 4.90 Å². The number of halogens is 1. The maximum Gasteiger partial charge on any atom is 0.252 e. The minimum absolute atomic E-state index is 0.0832. The third-order valence-electron chi connectivity index (χ3n) is 3.99. The van der Waals surface area contributed by atoms with Crippen molar-refractivity contribution in [2.45, 2.75) is 17.7 Å². The van der Waals surface area contributed by atoms with Crippen LogP contribution in [0, 0.1) is 5.82 Å². The molecule has 2 aliphatic heterocycles. The molecule has 0 saturated carbocycles. The Morgan fingerprint density at radius 3 is 2.75 bits per heavy atom. The number of amides is 1. The highest BCUT2D eigenvalue weighted by molar-refractivity contribution is 8.15. The molecule has 2 saturated heterocycles. The molecule has 128 valence electrons. The van der Waals surface area contributed by atoms with Crippen molar-refractivity contribution in [2.24, 2.45) is 4.99 Å². The van der Waals surface area contributed by atoms with E-state index in [1.807, 2.05) is 4.90 Å². The fourth-order valence-corrected chi connectivity index (χ4v) is 6.89. The second-order valence-electron chi connectivity index (χ2n) is 5.83. The molecule has 2 aliphatic rings. The van der Waals surface area contributed by atoms with Gasteiger partial charge in [-0.3, -0.25) is 4.79 Å². The van der Waals surface area contributed by atoms with Crippen LogP contribution in [0.2, 0.25) is 0 Å². The Balaban J connectivity index is 1.75. The molecule has 2 fully saturated rings. The smallest absolute Gasteiger partial charge is 0.252 e. The van der Waals surface area contributed by atoms with Gasteiger partial charge in [0.1, 0.15) is 5.82 Å². The average Bonchev–Trinajstić information content (AvgIpc) is 2.95. The number of hydrogen-bond donors (Lipinski definition) is 0. The van der Waals surface area contributed by atoms with Crippen LogP contribution in [0.3, 0.4) is 0 Å². The molecule has 1 aromatic rings. The third kappa shape index (κ3) is 3.70. The summed E-state index contributed by atoms with van der Waals surface area (Å²) in [5.41, 5.74) is 0.687. The lowest BCUT2D eigenvalue weighted by molar-refractivity contribution is -0.117. The Morgan fingerprint density at radius 2 is 2.08 bits per heavy atom. The number of benzene rings is 1. The zero-order valence-corrected chi connectivity index (χ0v) is 14.5. The van der Waals surface area contributed by atoms with Gasteiger partial charge >= 0.3 is 0 Å². The number of aliphatic imine (C=N–C) groups is 1. The molecule has 1 amide bonds. The van der Waals surface area contributed by atoms with E-state index in [1.165, 1.54) is 23.9 Å². The summed E-state index contributed by atoms with van der Waals surface area (Å²) in [4.78, 5) is 18.2. The van der Waals surface area contributed by atoms with Gasteiger partial charge in [-0.25, -0.2) is 12.8 Å². The van der Waals surface area contributed by atoms with Crippen LogP contribution in [-0.2, 0) is 21.1 Å². The molecule has 1 aromatic carbocycles. The predicted octanol–water partition coefficient (Wildman–Crippen LogP) is 1.65. The molecule has 0 aromatic heterocycles. The lowest BCUT2D eigenvalue weighted by Crippen LogP contribution is -2.37. The predicted molar refractivity (Wildman–Crippen MR) is 93.3 cm³/mol. The Hall–Kier alpha value is -1.67. The maximum absolute atomic E-state index is 12.9. The van der Waals surface area contributed by atoms with E-state index in [2.05, 4.69) is 11.6 Å². The Bertz CT molecular complexity index is 790. The molecule has 0 N–H and O–H groups in total. The molecular formula is C16H17FN2O3S2. The molecule has 5 nitrogen and oxygen atoms in total. The van der Waals surface area contributed by atoms with Gasteiger partial charge in [0.25, 0.3) is 5.91 Å². The Morgan fingerprint density at radius 1 is 1.38 bits per heavy atom. The number of hydrogen-bond acceptors (Lipinski definition) is 4. The van der Waals surface area contributed by atoms with Crippen molar-refractivity contribution < 1.29 is 17.6 Å². The number of fused-ring (bicyclic) bond motifs is 1. The summed E-state index contributed by atoms with van der Waals surface area (Å²) in [6.45, 7) is 4.14. The first-order chi connectivity index (χ1) is 11.4. The summed E-state index contributed by atoms with van der Waals surface area (Å²) in [5.74, 6) is -0.485. The van der Waals surface area contributed by atoms with Gasteiger partial charge in [0.05, 0.1) is 24.0 Å². The van der Waals surface area contributed by atoms with Crippen molar-refractivity contribution in [3.05, 3.63) is 48.3 Å². The molecule has 24 heavy (non-hydrogen) atoms. The zero-order valence-electron chi connectivity index (χ0n) is 12.9. The minimum atomic E-state index is -3.03. The van der Waals surface area contributed by atoms with Crippen LogP contribution in [0.15, 0.2) is 41.9 Å². The number of nitrogens with zero attached hydrogens (tertiary/aromatic N) is 2. The van der Waals surface area contributed by atoms with Crippen LogP contribution in [0.5, 0.6) is 0 Å². The standard InChI is InChI=1S/C16H17FN2O3S2/c1-2-7-19-13-9-24(21,22)10-14(13)23-16(19)18-15(20)8-11-3-5-12(17)6-4-11/h2-6,13-14H,1,7-10H2/t13-,14-/m1/s1. The number of amidine groups is 1. The van der Waals surface area contributed by atoms with Crippen LogP contribution in [0.1, 0.15) is 5.56 Å². The van der Waals surface area contributed by atoms with Gasteiger partial charge in [0.2, 0.25) is 0 Å². The number of carbonyl (C=O) groups is 1. The van der Waals surface area contributed by atoms with Crippen molar-refractivity contribution in [2.75, 3.05) is 18.1 Å². The minimum Gasteiger partial charge on any atom is -0.342 e. The normalized spacial score (nSPS) is 26.5. The van der Waals surface area contributed by atoms with Crippen molar-refractivity contribution >= 4 is 32.7 Å². The topological polar surface area (TPSA) is 66.8 Å². The van der Waals surface area contributed by atoms with Gasteiger partial charge < -0.3 is 4.90 Å². The molecule has 0 radical (unpaired) electrons. The molecule has 8 heteroatoms. The SMILES string of the molecule is C=CCN1C(=NC(=O)Cc2ccc(F)cc2)S[C@@H]2CS(=O)(=O)C[C@H]21. The van der Waals surface area contributed by atoms with Crippen LogP contribution >= 0.6 is 11.8 Å². The molecular weight excluding hydrogens is 351 g/mol. The van der Waals surface area contributed by atoms with E-state index < -0.39 is 9.84 Å². The average molecular weight is 368 g/mol. The third-order valence-corrected chi connectivity index (χ3v) is 7.24. The first kappa shape index (κ1) is 17.2. The number of carbonyl (C=O) groups excluding carboxylic acids is 1. The second-order valence-corrected chi connectivity index (χ2v) is 9.19. The van der Waals surface area contributed by atoms with Gasteiger partial charge in [-0.05, 0) is 17.7 Å². The zero-order chi connectivity index (χ0) is 17.3. The summed E-state index contributed by atoms with van der Waals surface area (Å²) >= 11 is 1.34. The molecule has 0 unspecified atom stereocenters. The van der Waals surface area contributed by atoms with E-state index in [-0.39, 0.29) is 40.9 Å². The molecule has 0 bridgehead atoms. The van der Waals surface area contributed by atoms with Crippen LogP contribution in [0.4, 0.5) is 4.39 Å². The van der Waals surface area contributed by atoms with E-state index >= 15 is 0 Å². The van der Waals surface area contributed by atoms with Crippen LogP contribution < -0.4 is 0 Å². The number of thioether (sulfide) groups is 1. The monoisotopic (exact) mass is 368 g/mol. The Kier molecular flexibility index (Phi) is 4.78. The summed E-state index contributed by atoms with van der Waals surface area (Å²) in [6, 6.07) is 5.56. The van der Waals surface area contributed by atoms with Crippen molar-refractivity contribution in [3.63, 3.8) is 0 Å². The molecule has 3 rings (SSSR count). The lowest BCUT2D eigenvalue weighted by atomic mass is 10.1. The highest BCUT2D eigenvalue weighted by Gasteiger charge is 2.48. The van der Waals surface area contributed by atoms with Gasteiger partial charge in [-0.1, -0.05) is 30.0 Å². The van der Waals surface area contributed by atoms with E-state index in [0.29, 0.717) is 17.3 Å². The van der Waals surface area contributed by atoms with E-state index in [1.54, 1.807) is 18.2 Å². The molecule has 2 atom stereocenters. The van der Waals surface area contributed by atoms with Crippen LogP contribution in [-0.4, -0.2) is 53.7 Å². The van der Waals surface area contributed by atoms with Gasteiger partial charge in [-0.2, -0.15) is 4.99 Å². The lowest BCUT2D eigenvalue weighted by Gasteiger charge is -2.22. The first-order valence-corrected chi connectivity index (χ1v) is 10.2. The van der Waals surface area contributed by atoms with Crippen molar-refractivity contribution in [3.8, 4) is 0 Å². The maximum atomic E-state index is 12.9. The van der Waals surface area contributed by atoms with E-state index in [0.717, 1.165) is 0 Å². The fourth-order valence-electron chi connectivity index (χ4n) is 2.91. The first-order valence-electron chi connectivity index (χ1n) is 7.48. The summed E-state index contributed by atoms with van der Waals surface area (Å²) in [5, 5.41) is 0.458. The largest absolute Gasteiger partial charge is 0.342 e. The summed E-state index contributed by atoms with van der Waals surface area (Å²) in [7, 11) is -3.03. The molecule has 0 spiro atoms. The van der Waals surface area contributed by atoms with Gasteiger partial charge in [0.15, 0.2) is 15.0 Å². The van der Waals surface area contributed by atoms with Crippen molar-refractivity contribution in [1.29, 1.82) is 0 Å². The fraction of sp³-hybridized carbons (Fsp3) is 0.375. The quantitative estimate of drug-likeness (QED) is 0.756. The number of sulfone groups is 1.